The van der Waals surface area contributed by atoms with Crippen molar-refractivity contribution in [2.75, 3.05) is 35.0 Å². The third kappa shape index (κ3) is 7.92. The van der Waals surface area contributed by atoms with Crippen molar-refractivity contribution in [1.29, 1.82) is 0 Å². The van der Waals surface area contributed by atoms with Gasteiger partial charge in [-0.1, -0.05) is 18.2 Å². The van der Waals surface area contributed by atoms with Crippen molar-refractivity contribution in [1.82, 2.24) is 4.90 Å². The Bertz CT molecular complexity index is 1130. The van der Waals surface area contributed by atoms with Crippen molar-refractivity contribution in [3.63, 3.8) is 0 Å². The fourth-order valence-electron chi connectivity index (χ4n) is 4.40. The van der Waals surface area contributed by atoms with Crippen LogP contribution in [0.2, 0.25) is 0 Å². The second-order valence-electron chi connectivity index (χ2n) is 9.69. The van der Waals surface area contributed by atoms with Crippen LogP contribution in [0.1, 0.15) is 37.6 Å². The molecule has 1 heterocycles. The maximum Gasteiger partial charge on any atom is 0.373 e. The number of hydrogen-bond donors (Lipinski definition) is 0. The topological polar surface area (TPSA) is 135 Å². The van der Waals surface area contributed by atoms with Gasteiger partial charge in [0.1, 0.15) is 11.6 Å². The highest BCUT2D eigenvalue weighted by Gasteiger charge is 2.51. The summed E-state index contributed by atoms with van der Waals surface area (Å²) in [5, 5.41) is 0. The minimum Gasteiger partial charge on any atom is -0.490 e. The zero-order valence-electron chi connectivity index (χ0n) is 23.2. The largest absolute Gasteiger partial charge is 0.490 e. The standard InChI is InChI=1S/C28H35NO10/c1-28(2,3)39-22(30)15-19-20(18(25(32)36-5)13-14-21(35-4)26(33)37-6)16-29(23(19)27(34)38-7)24(31)17-11-9-8-10-12-17/h8-14,19-20,23H,15-16H2,1-7H3/b18-13-,21-14+/t19-,20+,23-/m0/s1. The highest BCUT2D eigenvalue weighted by atomic mass is 16.6. The molecule has 1 aromatic rings. The van der Waals surface area contributed by atoms with Gasteiger partial charge in [0.05, 0.1) is 34.9 Å². The van der Waals surface area contributed by atoms with Crippen LogP contribution < -0.4 is 0 Å². The molecule has 0 spiro atoms. The lowest BCUT2D eigenvalue weighted by molar-refractivity contribution is -0.157. The first kappa shape index (κ1) is 31.1. The number of likely N-dealkylation sites (tertiary alicyclic amines) is 1. The normalized spacial score (nSPS) is 19.7. The summed E-state index contributed by atoms with van der Waals surface area (Å²) in [6.07, 6.45) is 2.20. The van der Waals surface area contributed by atoms with Gasteiger partial charge >= 0.3 is 23.9 Å². The van der Waals surface area contributed by atoms with Crippen molar-refractivity contribution in [3.8, 4) is 0 Å². The van der Waals surface area contributed by atoms with Crippen LogP contribution in [0.4, 0.5) is 0 Å². The van der Waals surface area contributed by atoms with E-state index < -0.39 is 53.3 Å². The Morgan fingerprint density at radius 3 is 2.00 bits per heavy atom. The number of allylic oxidation sites excluding steroid dienone is 2. The Morgan fingerprint density at radius 2 is 1.49 bits per heavy atom. The number of benzene rings is 1. The van der Waals surface area contributed by atoms with Gasteiger partial charge in [0, 0.05) is 29.5 Å². The molecule has 11 nitrogen and oxygen atoms in total. The summed E-state index contributed by atoms with van der Waals surface area (Å²) in [5.41, 5.74) is -0.510. The van der Waals surface area contributed by atoms with E-state index in [1.54, 1.807) is 51.1 Å². The van der Waals surface area contributed by atoms with E-state index in [1.165, 1.54) is 45.5 Å². The lowest BCUT2D eigenvalue weighted by Crippen LogP contribution is -2.44. The first-order chi connectivity index (χ1) is 18.4. The third-order valence-electron chi connectivity index (χ3n) is 6.04. The predicted octanol–water partition coefficient (Wildman–Crippen LogP) is 2.45. The number of carbonyl (C=O) groups excluding carboxylic acids is 5. The van der Waals surface area contributed by atoms with Crippen LogP contribution in [0.3, 0.4) is 0 Å². The summed E-state index contributed by atoms with van der Waals surface area (Å²) in [7, 11) is 4.76. The van der Waals surface area contributed by atoms with Crippen molar-refractivity contribution in [3.05, 3.63) is 59.4 Å². The number of nitrogens with zero attached hydrogens (tertiary/aromatic N) is 1. The Balaban J connectivity index is 2.69. The summed E-state index contributed by atoms with van der Waals surface area (Å²) in [5.74, 6) is -5.48. The molecule has 39 heavy (non-hydrogen) atoms. The number of esters is 4. The summed E-state index contributed by atoms with van der Waals surface area (Å²) in [6, 6.07) is 7.05. The van der Waals surface area contributed by atoms with Crippen molar-refractivity contribution < 1.29 is 47.7 Å². The minimum atomic E-state index is -1.22. The van der Waals surface area contributed by atoms with Crippen LogP contribution in [0.5, 0.6) is 0 Å². The van der Waals surface area contributed by atoms with E-state index in [0.29, 0.717) is 5.56 Å². The van der Waals surface area contributed by atoms with E-state index in [-0.39, 0.29) is 24.3 Å². The number of carbonyl (C=O) groups is 5. The number of hydrogen-bond acceptors (Lipinski definition) is 10. The molecule has 0 unspecified atom stereocenters. The van der Waals surface area contributed by atoms with E-state index in [1.807, 2.05) is 0 Å². The van der Waals surface area contributed by atoms with Crippen LogP contribution in [-0.4, -0.2) is 81.3 Å². The molecular weight excluding hydrogens is 510 g/mol. The molecule has 1 aliphatic rings. The molecule has 1 aromatic carbocycles. The third-order valence-corrected chi connectivity index (χ3v) is 6.04. The van der Waals surface area contributed by atoms with Crippen molar-refractivity contribution in [2.24, 2.45) is 11.8 Å². The predicted molar refractivity (Wildman–Crippen MR) is 138 cm³/mol. The van der Waals surface area contributed by atoms with Gasteiger partial charge in [-0.3, -0.25) is 9.59 Å². The molecule has 1 fully saturated rings. The lowest BCUT2D eigenvalue weighted by atomic mass is 9.82. The zero-order chi connectivity index (χ0) is 29.3. The van der Waals surface area contributed by atoms with E-state index in [4.69, 9.17) is 18.9 Å². The van der Waals surface area contributed by atoms with Gasteiger partial charge in [0.2, 0.25) is 5.76 Å². The first-order valence-electron chi connectivity index (χ1n) is 12.2. The molecule has 2 rings (SSSR count). The average Bonchev–Trinajstić information content (AvgIpc) is 3.27. The van der Waals surface area contributed by atoms with Gasteiger partial charge in [0.25, 0.3) is 5.91 Å². The fraction of sp³-hybridized carbons (Fsp3) is 0.464. The Morgan fingerprint density at radius 1 is 0.872 bits per heavy atom. The highest BCUT2D eigenvalue weighted by molar-refractivity contribution is 5.98. The first-order valence-corrected chi connectivity index (χ1v) is 12.2. The second kappa shape index (κ2) is 13.6. The molecule has 1 saturated heterocycles. The quantitative estimate of drug-likeness (QED) is 0.150. The molecule has 0 saturated carbocycles. The highest BCUT2D eigenvalue weighted by Crippen LogP contribution is 2.39. The van der Waals surface area contributed by atoms with Gasteiger partial charge in [-0.2, -0.15) is 0 Å². The maximum atomic E-state index is 13.6. The smallest absolute Gasteiger partial charge is 0.373 e. The average molecular weight is 546 g/mol. The Hall–Kier alpha value is -4.15. The molecular formula is C28H35NO10. The molecule has 0 aromatic heterocycles. The lowest BCUT2D eigenvalue weighted by Gasteiger charge is -2.27. The van der Waals surface area contributed by atoms with Gasteiger partial charge in [-0.15, -0.1) is 0 Å². The van der Waals surface area contributed by atoms with Crippen molar-refractivity contribution >= 4 is 29.8 Å². The molecule has 11 heteroatoms. The Kier molecular flexibility index (Phi) is 10.8. The van der Waals surface area contributed by atoms with E-state index in [9.17, 15) is 24.0 Å². The Labute approximate surface area is 227 Å². The van der Waals surface area contributed by atoms with E-state index >= 15 is 0 Å². The van der Waals surface area contributed by atoms with Crippen molar-refractivity contribution in [2.45, 2.75) is 38.8 Å². The molecule has 0 radical (unpaired) electrons. The summed E-state index contributed by atoms with van der Waals surface area (Å²) in [6.45, 7) is 4.97. The zero-order valence-corrected chi connectivity index (χ0v) is 23.2. The number of ether oxygens (including phenoxy) is 5. The van der Waals surface area contributed by atoms with Crippen LogP contribution in [0.25, 0.3) is 0 Å². The fourth-order valence-corrected chi connectivity index (χ4v) is 4.40. The molecule has 0 bridgehead atoms. The van der Waals surface area contributed by atoms with E-state index in [0.717, 1.165) is 0 Å². The van der Waals surface area contributed by atoms with E-state index in [2.05, 4.69) is 4.74 Å². The summed E-state index contributed by atoms with van der Waals surface area (Å²) in [4.78, 5) is 65.9. The summed E-state index contributed by atoms with van der Waals surface area (Å²) < 4.78 is 25.2. The SMILES string of the molecule is COC(=O)/C(=C\C=C(\OC)C(=O)OC)[C@H]1CN(C(=O)c2ccccc2)[C@H](C(=O)OC)[C@H]1CC(=O)OC(C)(C)C. The number of amides is 1. The monoisotopic (exact) mass is 545 g/mol. The maximum absolute atomic E-state index is 13.6. The van der Waals surface area contributed by atoms with Gasteiger partial charge in [-0.25, -0.2) is 14.4 Å². The second-order valence-corrected chi connectivity index (χ2v) is 9.69. The van der Waals surface area contributed by atoms with Gasteiger partial charge < -0.3 is 28.6 Å². The van der Waals surface area contributed by atoms with Gasteiger partial charge in [0.15, 0.2) is 0 Å². The summed E-state index contributed by atoms with van der Waals surface area (Å²) >= 11 is 0. The molecule has 0 N–H and O–H groups in total. The molecule has 0 aliphatic carbocycles. The number of methoxy groups -OCH3 is 4. The van der Waals surface area contributed by atoms with Crippen LogP contribution in [-0.2, 0) is 42.9 Å². The molecule has 3 atom stereocenters. The molecule has 1 aliphatic heterocycles. The molecule has 1 amide bonds. The van der Waals surface area contributed by atoms with Gasteiger partial charge in [-0.05, 0) is 45.1 Å². The minimum absolute atomic E-state index is 0.00164. The van der Waals surface area contributed by atoms with Crippen LogP contribution >= 0.6 is 0 Å². The van der Waals surface area contributed by atoms with Crippen LogP contribution in [0.15, 0.2) is 53.8 Å². The van der Waals surface area contributed by atoms with Crippen LogP contribution in [0, 0.1) is 11.8 Å². The molecule has 212 valence electrons. The number of rotatable bonds is 9.